The number of piperazine rings is 1. The summed E-state index contributed by atoms with van der Waals surface area (Å²) in [7, 11) is 0. The number of aliphatic hydroxyl groups excluding tert-OH is 1. The van der Waals surface area contributed by atoms with Gasteiger partial charge in [-0.3, -0.25) is 14.4 Å². The van der Waals surface area contributed by atoms with E-state index in [-0.39, 0.29) is 42.9 Å². The van der Waals surface area contributed by atoms with Gasteiger partial charge in [-0.2, -0.15) is 0 Å². The topological polar surface area (TPSA) is 142 Å². The first-order chi connectivity index (χ1) is 19.7. The van der Waals surface area contributed by atoms with Crippen LogP contribution in [0.4, 0.5) is 4.79 Å². The van der Waals surface area contributed by atoms with E-state index in [1.165, 1.54) is 6.07 Å². The third kappa shape index (κ3) is 8.06. The number of piperidine rings is 1. The molecule has 1 aromatic heterocycles. The molecule has 4 rings (SSSR count). The van der Waals surface area contributed by atoms with E-state index in [1.807, 2.05) is 32.0 Å². The summed E-state index contributed by atoms with van der Waals surface area (Å²) in [4.78, 5) is 59.9. The van der Waals surface area contributed by atoms with Crippen molar-refractivity contribution in [1.82, 2.24) is 25.0 Å². The number of carbonyl (C=O) groups is 4. The highest BCUT2D eigenvalue weighted by atomic mass is 16.6. The van der Waals surface area contributed by atoms with Crippen molar-refractivity contribution in [1.29, 1.82) is 0 Å². The zero-order valence-electron chi connectivity index (χ0n) is 23.8. The highest BCUT2D eigenvalue weighted by molar-refractivity contribution is 5.98. The van der Waals surface area contributed by atoms with Gasteiger partial charge in [-0.05, 0) is 43.9 Å². The summed E-state index contributed by atoms with van der Waals surface area (Å²) in [6, 6.07) is 7.03. The Morgan fingerprint density at radius 2 is 1.66 bits per heavy atom. The molecule has 4 amide bonds. The van der Waals surface area contributed by atoms with E-state index in [0.29, 0.717) is 75.4 Å². The van der Waals surface area contributed by atoms with Crippen molar-refractivity contribution < 1.29 is 33.8 Å². The Morgan fingerprint density at radius 3 is 2.37 bits per heavy atom. The molecule has 2 saturated heterocycles. The molecule has 0 saturated carbocycles. The maximum absolute atomic E-state index is 13.0. The number of likely N-dealkylation sites (tertiary alicyclic amines) is 1. The van der Waals surface area contributed by atoms with Crippen molar-refractivity contribution in [2.75, 3.05) is 59.0 Å². The maximum Gasteiger partial charge on any atom is 0.409 e. The zero-order valence-corrected chi connectivity index (χ0v) is 23.8. The number of benzene rings is 1. The minimum atomic E-state index is -0.541. The molecule has 2 aromatic rings. The van der Waals surface area contributed by atoms with Crippen LogP contribution >= 0.6 is 0 Å². The molecule has 1 aromatic carbocycles. The highest BCUT2D eigenvalue weighted by Crippen LogP contribution is 2.27. The average molecular weight is 570 g/mol. The molecule has 2 fully saturated rings. The zero-order chi connectivity index (χ0) is 29.4. The van der Waals surface area contributed by atoms with E-state index in [9.17, 15) is 24.3 Å². The van der Waals surface area contributed by atoms with Gasteiger partial charge in [0.05, 0.1) is 24.8 Å². The van der Waals surface area contributed by atoms with Crippen molar-refractivity contribution in [2.45, 2.75) is 45.6 Å². The molecule has 0 unspecified atom stereocenters. The Hall–Kier alpha value is -3.93. The molecule has 41 heavy (non-hydrogen) atoms. The SMILES string of the molecule is CCCCOC(=O)N1CCN(C(=O)CNC(=O)c2cc(OCC(=O)N3CCC(O)CC3)c3ccc(C)cc3n2)CC1. The Balaban J connectivity index is 1.34. The fraction of sp³-hybridized carbons (Fsp3) is 0.552. The number of hydrogen-bond acceptors (Lipinski definition) is 8. The number of hydrogen-bond donors (Lipinski definition) is 2. The van der Waals surface area contributed by atoms with Gasteiger partial charge in [0.25, 0.3) is 11.8 Å². The molecule has 12 nitrogen and oxygen atoms in total. The van der Waals surface area contributed by atoms with Crippen LogP contribution in [-0.4, -0.2) is 114 Å². The van der Waals surface area contributed by atoms with Gasteiger partial charge in [0, 0.05) is 50.7 Å². The van der Waals surface area contributed by atoms with Crippen LogP contribution < -0.4 is 10.1 Å². The number of nitrogens with one attached hydrogen (secondary N) is 1. The van der Waals surface area contributed by atoms with Gasteiger partial charge in [0.1, 0.15) is 11.4 Å². The monoisotopic (exact) mass is 569 g/mol. The summed E-state index contributed by atoms with van der Waals surface area (Å²) in [6.07, 6.45) is 2.07. The predicted octanol–water partition coefficient (Wildman–Crippen LogP) is 1.72. The van der Waals surface area contributed by atoms with E-state index in [2.05, 4.69) is 10.3 Å². The van der Waals surface area contributed by atoms with Crippen molar-refractivity contribution in [2.24, 2.45) is 0 Å². The summed E-state index contributed by atoms with van der Waals surface area (Å²) < 4.78 is 11.1. The average Bonchev–Trinajstić information content (AvgIpc) is 2.98. The number of amides is 4. The van der Waals surface area contributed by atoms with E-state index >= 15 is 0 Å². The highest BCUT2D eigenvalue weighted by Gasteiger charge is 2.26. The molecular weight excluding hydrogens is 530 g/mol. The summed E-state index contributed by atoms with van der Waals surface area (Å²) in [5.41, 5.74) is 1.55. The number of rotatable bonds is 9. The van der Waals surface area contributed by atoms with Crippen molar-refractivity contribution in [3.8, 4) is 5.75 Å². The number of pyridine rings is 1. The van der Waals surface area contributed by atoms with E-state index in [0.717, 1.165) is 18.4 Å². The van der Waals surface area contributed by atoms with Crippen LogP contribution in [0.2, 0.25) is 0 Å². The minimum absolute atomic E-state index is 0.0686. The van der Waals surface area contributed by atoms with Gasteiger partial charge >= 0.3 is 6.09 Å². The molecule has 12 heteroatoms. The Bertz CT molecular complexity index is 1250. The lowest BCUT2D eigenvalue weighted by Gasteiger charge is -2.34. The molecular formula is C29H39N5O7. The van der Waals surface area contributed by atoms with Gasteiger partial charge in [-0.1, -0.05) is 19.4 Å². The molecule has 0 radical (unpaired) electrons. The summed E-state index contributed by atoms with van der Waals surface area (Å²) in [5.74, 6) is -0.650. The number of aliphatic hydroxyl groups is 1. The first kappa shape index (κ1) is 30.0. The van der Waals surface area contributed by atoms with Crippen molar-refractivity contribution in [3.63, 3.8) is 0 Å². The number of aromatic nitrogens is 1. The van der Waals surface area contributed by atoms with Gasteiger partial charge in [0.2, 0.25) is 5.91 Å². The fourth-order valence-electron chi connectivity index (χ4n) is 4.78. The summed E-state index contributed by atoms with van der Waals surface area (Å²) in [6.45, 7) is 6.28. The third-order valence-electron chi connectivity index (χ3n) is 7.34. The molecule has 2 aliphatic rings. The van der Waals surface area contributed by atoms with Gasteiger partial charge in [0.15, 0.2) is 6.61 Å². The summed E-state index contributed by atoms with van der Waals surface area (Å²) in [5, 5.41) is 13.0. The van der Waals surface area contributed by atoms with Crippen LogP contribution in [0.1, 0.15) is 48.7 Å². The second-order valence-electron chi connectivity index (χ2n) is 10.4. The standard InChI is InChI=1S/C29H39N5O7/c1-3-4-15-40-29(39)34-13-11-33(12-14-34)26(36)18-30-28(38)24-17-25(22-6-5-20(2)16-23(22)31-24)41-19-27(37)32-9-7-21(35)8-10-32/h5-6,16-17,21,35H,3-4,7-15,18-19H2,1-2H3,(H,30,38). The normalized spacial score (nSPS) is 16.0. The lowest BCUT2D eigenvalue weighted by atomic mass is 10.1. The van der Waals surface area contributed by atoms with E-state index in [1.54, 1.807) is 14.7 Å². The maximum atomic E-state index is 13.0. The Labute approximate surface area is 239 Å². The van der Waals surface area contributed by atoms with Crippen LogP contribution in [0.25, 0.3) is 10.9 Å². The predicted molar refractivity (Wildman–Crippen MR) is 151 cm³/mol. The van der Waals surface area contributed by atoms with Gasteiger partial charge in [-0.15, -0.1) is 0 Å². The quantitative estimate of drug-likeness (QED) is 0.435. The fourth-order valence-corrected chi connectivity index (χ4v) is 4.78. The molecule has 0 aliphatic carbocycles. The largest absolute Gasteiger partial charge is 0.483 e. The Morgan fingerprint density at radius 1 is 0.976 bits per heavy atom. The molecule has 222 valence electrons. The van der Waals surface area contributed by atoms with Gasteiger partial charge in [-0.25, -0.2) is 9.78 Å². The number of aryl methyl sites for hydroxylation is 1. The molecule has 2 aliphatic heterocycles. The number of nitrogens with zero attached hydrogens (tertiary/aromatic N) is 4. The van der Waals surface area contributed by atoms with E-state index < -0.39 is 5.91 Å². The van der Waals surface area contributed by atoms with Crippen molar-refractivity contribution >= 4 is 34.7 Å². The van der Waals surface area contributed by atoms with Crippen LogP contribution in [0.3, 0.4) is 0 Å². The molecule has 2 N–H and O–H groups in total. The third-order valence-corrected chi connectivity index (χ3v) is 7.34. The Kier molecular flexibility index (Phi) is 10.3. The second-order valence-corrected chi connectivity index (χ2v) is 10.4. The lowest BCUT2D eigenvalue weighted by Crippen LogP contribution is -2.52. The van der Waals surface area contributed by atoms with E-state index in [4.69, 9.17) is 9.47 Å². The number of ether oxygens (including phenoxy) is 2. The molecule has 0 spiro atoms. The van der Waals surface area contributed by atoms with Crippen LogP contribution in [0, 0.1) is 6.92 Å². The lowest BCUT2D eigenvalue weighted by molar-refractivity contribution is -0.135. The minimum Gasteiger partial charge on any atom is -0.483 e. The molecule has 0 bridgehead atoms. The number of fused-ring (bicyclic) bond motifs is 1. The molecule has 3 heterocycles. The summed E-state index contributed by atoms with van der Waals surface area (Å²) >= 11 is 0. The smallest absolute Gasteiger partial charge is 0.409 e. The first-order valence-corrected chi connectivity index (χ1v) is 14.2. The van der Waals surface area contributed by atoms with Crippen LogP contribution in [-0.2, 0) is 14.3 Å². The number of unbranched alkanes of at least 4 members (excludes halogenated alkanes) is 1. The first-order valence-electron chi connectivity index (χ1n) is 14.2. The van der Waals surface area contributed by atoms with Gasteiger partial charge < -0.3 is 34.6 Å². The number of carbonyl (C=O) groups excluding carboxylic acids is 4. The second kappa shape index (κ2) is 14.1. The van der Waals surface area contributed by atoms with Crippen LogP contribution in [0.15, 0.2) is 24.3 Å². The van der Waals surface area contributed by atoms with Crippen LogP contribution in [0.5, 0.6) is 5.75 Å². The van der Waals surface area contributed by atoms with Crippen molar-refractivity contribution in [3.05, 3.63) is 35.5 Å². The molecule has 0 atom stereocenters.